The summed E-state index contributed by atoms with van der Waals surface area (Å²) in [5.41, 5.74) is 4.54. The Bertz CT molecular complexity index is 1130. The van der Waals surface area contributed by atoms with Gasteiger partial charge in [-0.1, -0.05) is 25.5 Å². The molecule has 0 amide bonds. The van der Waals surface area contributed by atoms with Crippen molar-refractivity contribution >= 4 is 22.7 Å². The molecular weight excluding hydrogens is 448 g/mol. The van der Waals surface area contributed by atoms with Crippen LogP contribution in [0.2, 0.25) is 0 Å². The van der Waals surface area contributed by atoms with E-state index in [2.05, 4.69) is 71.5 Å². The van der Waals surface area contributed by atoms with Crippen LogP contribution < -0.4 is 10.6 Å². The number of anilines is 2. The third-order valence-electron chi connectivity index (χ3n) is 8.01. The maximum absolute atomic E-state index is 10.1. The predicted molar refractivity (Wildman–Crippen MR) is 149 cm³/mol. The van der Waals surface area contributed by atoms with E-state index < -0.39 is 0 Å². The first kappa shape index (κ1) is 25.0. The van der Waals surface area contributed by atoms with Crippen molar-refractivity contribution in [3.05, 3.63) is 36.7 Å². The van der Waals surface area contributed by atoms with Gasteiger partial charge in [0.1, 0.15) is 5.65 Å². The number of hydrogen-bond acceptors (Lipinski definition) is 6. The summed E-state index contributed by atoms with van der Waals surface area (Å²) in [6, 6.07) is 10.1. The number of aliphatic hydroxyl groups is 1. The molecule has 3 heterocycles. The van der Waals surface area contributed by atoms with Gasteiger partial charge in [-0.25, -0.2) is 4.98 Å². The number of likely N-dealkylation sites (tertiary alicyclic amines) is 1. The van der Waals surface area contributed by atoms with Crippen molar-refractivity contribution in [1.82, 2.24) is 19.4 Å². The fourth-order valence-electron chi connectivity index (χ4n) is 5.80. The van der Waals surface area contributed by atoms with Gasteiger partial charge < -0.3 is 25.2 Å². The molecule has 1 aromatic carbocycles. The Hall–Kier alpha value is -2.64. The van der Waals surface area contributed by atoms with Crippen LogP contribution in [0, 0.1) is 0 Å². The van der Waals surface area contributed by atoms with Crippen molar-refractivity contribution in [2.75, 3.05) is 30.8 Å². The van der Waals surface area contributed by atoms with Gasteiger partial charge in [0.2, 0.25) is 5.95 Å². The van der Waals surface area contributed by atoms with Gasteiger partial charge in [0.15, 0.2) is 0 Å². The molecule has 2 aromatic heterocycles. The molecule has 1 aliphatic carbocycles. The number of nitrogens with zero attached hydrogens (tertiary/aromatic N) is 4. The molecule has 0 spiro atoms. The first-order valence-corrected chi connectivity index (χ1v) is 13.9. The number of aliphatic hydroxyl groups excluding tert-OH is 1. The summed E-state index contributed by atoms with van der Waals surface area (Å²) >= 11 is 0. The topological polar surface area (TPSA) is 78.2 Å². The highest BCUT2D eigenvalue weighted by molar-refractivity contribution is 5.94. The Morgan fingerprint density at radius 3 is 2.47 bits per heavy atom. The number of rotatable bonds is 8. The van der Waals surface area contributed by atoms with E-state index in [0.717, 1.165) is 62.6 Å². The lowest BCUT2D eigenvalue weighted by atomic mass is 9.93. The molecule has 1 aliphatic heterocycles. The predicted octanol–water partition coefficient (Wildman–Crippen LogP) is 5.68. The van der Waals surface area contributed by atoms with Gasteiger partial charge in [-0.3, -0.25) is 0 Å². The molecule has 36 heavy (non-hydrogen) atoms. The highest BCUT2D eigenvalue weighted by Gasteiger charge is 2.24. The van der Waals surface area contributed by atoms with Gasteiger partial charge in [0.25, 0.3) is 0 Å². The van der Waals surface area contributed by atoms with Crippen molar-refractivity contribution in [2.45, 2.75) is 89.4 Å². The molecule has 3 N–H and O–H groups in total. The Labute approximate surface area is 215 Å². The molecular formula is C29H42N6O. The van der Waals surface area contributed by atoms with Crippen LogP contribution in [0.4, 0.5) is 11.6 Å². The van der Waals surface area contributed by atoms with Crippen LogP contribution in [0.5, 0.6) is 0 Å². The molecule has 5 rings (SSSR count). The standard InChI is InChI=1S/C29H42N6O/c1-4-5-20(2)31-29-30-18-26-27(19-35(28(26)33-29)24-10-12-25(36)13-11-24)21-6-8-22(9-7-21)32-23-14-16-34(3)17-15-23/h6-9,18-20,23-25,32,36H,4-5,10-17H2,1-3H3,(H,30,31,33)/t20-,24?,25?/m0/s1. The van der Waals surface area contributed by atoms with Crippen molar-refractivity contribution in [3.63, 3.8) is 0 Å². The molecule has 194 valence electrons. The van der Waals surface area contributed by atoms with Crippen molar-refractivity contribution in [1.29, 1.82) is 0 Å². The Morgan fingerprint density at radius 1 is 1.06 bits per heavy atom. The summed E-state index contributed by atoms with van der Waals surface area (Å²) in [7, 11) is 2.20. The molecule has 2 aliphatic rings. The van der Waals surface area contributed by atoms with Gasteiger partial charge in [-0.2, -0.15) is 4.98 Å². The summed E-state index contributed by atoms with van der Waals surface area (Å²) in [6.45, 7) is 6.69. The van der Waals surface area contributed by atoms with Crippen molar-refractivity contribution in [3.8, 4) is 11.1 Å². The molecule has 0 unspecified atom stereocenters. The van der Waals surface area contributed by atoms with Gasteiger partial charge in [-0.15, -0.1) is 0 Å². The van der Waals surface area contributed by atoms with Gasteiger partial charge >= 0.3 is 0 Å². The first-order valence-electron chi connectivity index (χ1n) is 13.9. The Kier molecular flexibility index (Phi) is 7.77. The normalized spacial score (nSPS) is 22.6. The Morgan fingerprint density at radius 2 is 1.78 bits per heavy atom. The zero-order chi connectivity index (χ0) is 25.1. The molecule has 2 fully saturated rings. The molecule has 0 radical (unpaired) electrons. The monoisotopic (exact) mass is 490 g/mol. The summed E-state index contributed by atoms with van der Waals surface area (Å²) < 4.78 is 2.35. The second kappa shape index (κ2) is 11.2. The van der Waals surface area contributed by atoms with Gasteiger partial charge in [0, 0.05) is 47.2 Å². The van der Waals surface area contributed by atoms with E-state index in [1.54, 1.807) is 0 Å². The molecule has 3 aromatic rings. The summed E-state index contributed by atoms with van der Waals surface area (Å²) in [6.07, 6.45) is 12.3. The first-order chi connectivity index (χ1) is 17.5. The minimum absolute atomic E-state index is 0.172. The molecule has 0 bridgehead atoms. The molecule has 1 saturated carbocycles. The number of benzene rings is 1. The van der Waals surface area contributed by atoms with Crippen LogP contribution >= 0.6 is 0 Å². The summed E-state index contributed by atoms with van der Waals surface area (Å²) in [4.78, 5) is 12.1. The highest BCUT2D eigenvalue weighted by atomic mass is 16.3. The van der Waals surface area contributed by atoms with Crippen molar-refractivity contribution < 1.29 is 5.11 Å². The molecule has 1 atom stereocenters. The van der Waals surface area contributed by atoms with E-state index in [4.69, 9.17) is 9.97 Å². The molecule has 1 saturated heterocycles. The number of hydrogen-bond donors (Lipinski definition) is 3. The van der Waals surface area contributed by atoms with Crippen LogP contribution in [0.25, 0.3) is 22.2 Å². The number of aromatic nitrogens is 3. The fraction of sp³-hybridized carbons (Fsp3) is 0.586. The number of fused-ring (bicyclic) bond motifs is 1. The lowest BCUT2D eigenvalue weighted by molar-refractivity contribution is 0.111. The Balaban J connectivity index is 1.42. The summed E-state index contributed by atoms with van der Waals surface area (Å²) in [5, 5.41) is 18.4. The van der Waals surface area contributed by atoms with E-state index in [0.29, 0.717) is 24.1 Å². The average Bonchev–Trinajstić information content (AvgIpc) is 3.25. The maximum Gasteiger partial charge on any atom is 0.224 e. The number of nitrogens with one attached hydrogen (secondary N) is 2. The lowest BCUT2D eigenvalue weighted by Crippen LogP contribution is -2.36. The van der Waals surface area contributed by atoms with E-state index in [1.165, 1.54) is 29.7 Å². The largest absolute Gasteiger partial charge is 0.393 e. The van der Waals surface area contributed by atoms with Gasteiger partial charge in [0.05, 0.1) is 6.10 Å². The van der Waals surface area contributed by atoms with Crippen LogP contribution in [0.3, 0.4) is 0 Å². The lowest BCUT2D eigenvalue weighted by Gasteiger charge is -2.30. The third-order valence-corrected chi connectivity index (χ3v) is 8.01. The van der Waals surface area contributed by atoms with E-state index in [-0.39, 0.29) is 6.10 Å². The average molecular weight is 491 g/mol. The minimum Gasteiger partial charge on any atom is -0.393 e. The quantitative estimate of drug-likeness (QED) is 0.377. The second-order valence-electron chi connectivity index (χ2n) is 11.0. The maximum atomic E-state index is 10.1. The molecule has 7 heteroatoms. The van der Waals surface area contributed by atoms with Crippen LogP contribution in [0.1, 0.15) is 71.3 Å². The van der Waals surface area contributed by atoms with Gasteiger partial charge in [-0.05, 0) is 89.7 Å². The van der Waals surface area contributed by atoms with Crippen LogP contribution in [0.15, 0.2) is 36.7 Å². The van der Waals surface area contributed by atoms with Crippen LogP contribution in [-0.2, 0) is 0 Å². The third kappa shape index (κ3) is 5.68. The SMILES string of the molecule is CCC[C@H](C)Nc1ncc2c(-c3ccc(NC4CCN(C)CC4)cc3)cn(C3CCC(O)CC3)c2n1. The van der Waals surface area contributed by atoms with E-state index >= 15 is 0 Å². The fourth-order valence-corrected chi connectivity index (χ4v) is 5.80. The van der Waals surface area contributed by atoms with E-state index in [1.807, 2.05) is 6.20 Å². The molecule has 7 nitrogen and oxygen atoms in total. The zero-order valence-corrected chi connectivity index (χ0v) is 22.1. The smallest absolute Gasteiger partial charge is 0.224 e. The van der Waals surface area contributed by atoms with E-state index in [9.17, 15) is 5.11 Å². The number of piperidine rings is 1. The zero-order valence-electron chi connectivity index (χ0n) is 22.1. The second-order valence-corrected chi connectivity index (χ2v) is 11.0. The van der Waals surface area contributed by atoms with Crippen molar-refractivity contribution in [2.24, 2.45) is 0 Å². The summed E-state index contributed by atoms with van der Waals surface area (Å²) in [5.74, 6) is 0.697. The van der Waals surface area contributed by atoms with Crippen LogP contribution in [-0.4, -0.2) is 62.9 Å². The minimum atomic E-state index is -0.172. The highest BCUT2D eigenvalue weighted by Crippen LogP contribution is 2.37.